The van der Waals surface area contributed by atoms with E-state index in [2.05, 4.69) is 0 Å². The summed E-state index contributed by atoms with van der Waals surface area (Å²) < 4.78 is 24.2. The first kappa shape index (κ1) is 12.6. The zero-order valence-corrected chi connectivity index (χ0v) is 9.73. The van der Waals surface area contributed by atoms with Gasteiger partial charge in [-0.05, 0) is 11.6 Å². The molecule has 94 valence electrons. The van der Waals surface area contributed by atoms with Gasteiger partial charge < -0.3 is 15.0 Å². The molecule has 1 heterocycles. The Morgan fingerprint density at radius 3 is 2.89 bits per heavy atom. The van der Waals surface area contributed by atoms with E-state index in [0.717, 1.165) is 0 Å². The van der Waals surface area contributed by atoms with Gasteiger partial charge in [0.25, 0.3) is 11.9 Å². The lowest BCUT2D eigenvalue weighted by molar-refractivity contribution is -0.135. The van der Waals surface area contributed by atoms with Gasteiger partial charge in [0.1, 0.15) is 5.82 Å². The first-order chi connectivity index (χ1) is 8.54. The number of halogens is 1. The second-order valence-electron chi connectivity index (χ2n) is 3.85. The van der Waals surface area contributed by atoms with E-state index in [1.807, 2.05) is 0 Å². The predicted molar refractivity (Wildman–Crippen MR) is 61.5 cm³/mol. The van der Waals surface area contributed by atoms with E-state index < -0.39 is 24.8 Å². The fraction of sp³-hybridized carbons (Fsp3) is 0.273. The average molecular weight is 251 g/mol. The van der Waals surface area contributed by atoms with Gasteiger partial charge in [-0.2, -0.15) is 0 Å². The summed E-state index contributed by atoms with van der Waals surface area (Å²) in [6, 6.07) is 2.84. The first-order valence-electron chi connectivity index (χ1n) is 5.46. The van der Waals surface area contributed by atoms with Gasteiger partial charge in [0.2, 0.25) is 0 Å². The maximum atomic E-state index is 14.1. The minimum atomic E-state index is -1.10. The van der Waals surface area contributed by atoms with Crippen molar-refractivity contribution in [2.75, 3.05) is 0 Å². The number of hydrogen-bond donors (Lipinski definition) is 1. The third kappa shape index (κ3) is 2.09. The topological polar surface area (TPSA) is 78.6 Å². The summed E-state index contributed by atoms with van der Waals surface area (Å²) in [6.45, 7) is 1.75. The smallest absolute Gasteiger partial charge is 0.506 e. The molecule has 0 spiro atoms. The van der Waals surface area contributed by atoms with Crippen molar-refractivity contribution in [3.05, 3.63) is 29.1 Å². The van der Waals surface area contributed by atoms with Gasteiger partial charge in [-0.25, -0.2) is 4.39 Å². The lowest BCUT2D eigenvalue weighted by Gasteiger charge is -2.09. The van der Waals surface area contributed by atoms with Gasteiger partial charge in [-0.15, -0.1) is 0 Å². The van der Waals surface area contributed by atoms with Crippen molar-refractivity contribution in [3.63, 3.8) is 0 Å². The van der Waals surface area contributed by atoms with Crippen LogP contribution in [0.3, 0.4) is 0 Å². The number of carbonyl (C=O) groups is 2. The molecule has 2 rings (SSSR count). The molecule has 1 aromatic carbocycles. The number of benzene rings is 1. The second-order valence-corrected chi connectivity index (χ2v) is 3.85. The summed E-state index contributed by atoms with van der Waals surface area (Å²) in [4.78, 5) is 22.2. The van der Waals surface area contributed by atoms with Gasteiger partial charge in [0.05, 0.1) is 12.2 Å². The van der Waals surface area contributed by atoms with Crippen molar-refractivity contribution in [1.29, 1.82) is 0 Å². The summed E-state index contributed by atoms with van der Waals surface area (Å²) in [5.41, 5.74) is 5.44. The predicted octanol–water partition coefficient (Wildman–Crippen LogP) is 0.103. The molecular formula is C11H11BFNO4. The Kier molecular flexibility index (Phi) is 3.33. The van der Waals surface area contributed by atoms with Crippen LogP contribution in [-0.2, 0) is 20.7 Å². The van der Waals surface area contributed by atoms with Gasteiger partial charge in [0.15, 0.2) is 0 Å². The van der Waals surface area contributed by atoms with Crippen LogP contribution in [0.4, 0.5) is 4.39 Å². The Hall–Kier alpha value is -1.89. The number of rotatable bonds is 3. The quantitative estimate of drug-likeness (QED) is 0.773. The Morgan fingerprint density at radius 1 is 1.56 bits per heavy atom. The van der Waals surface area contributed by atoms with Crippen molar-refractivity contribution in [2.24, 2.45) is 5.73 Å². The van der Waals surface area contributed by atoms with E-state index in [1.165, 1.54) is 12.1 Å². The van der Waals surface area contributed by atoms with Crippen LogP contribution in [0.15, 0.2) is 12.1 Å². The van der Waals surface area contributed by atoms with E-state index in [0.29, 0.717) is 5.56 Å². The summed E-state index contributed by atoms with van der Waals surface area (Å²) in [7, 11) is -1.10. The van der Waals surface area contributed by atoms with Gasteiger partial charge >= 0.3 is 7.12 Å². The molecule has 0 unspecified atom stereocenters. The van der Waals surface area contributed by atoms with Crippen LogP contribution in [0.1, 0.15) is 29.3 Å². The van der Waals surface area contributed by atoms with Crippen molar-refractivity contribution in [2.45, 2.75) is 20.0 Å². The zero-order chi connectivity index (χ0) is 13.3. The van der Waals surface area contributed by atoms with Gasteiger partial charge in [-0.1, -0.05) is 13.0 Å². The molecule has 0 fully saturated rings. The lowest BCUT2D eigenvalue weighted by atomic mass is 9.77. The summed E-state index contributed by atoms with van der Waals surface area (Å²) >= 11 is 0. The molecule has 7 heteroatoms. The van der Waals surface area contributed by atoms with Crippen LogP contribution in [0.2, 0.25) is 0 Å². The Balaban J connectivity index is 2.38. The van der Waals surface area contributed by atoms with E-state index in [1.54, 1.807) is 6.92 Å². The van der Waals surface area contributed by atoms with Crippen molar-refractivity contribution >= 4 is 24.5 Å². The molecule has 0 radical (unpaired) electrons. The molecule has 1 aliphatic heterocycles. The summed E-state index contributed by atoms with van der Waals surface area (Å²) in [5.74, 6) is -2.16. The number of nitrogens with two attached hydrogens (primary N) is 1. The molecule has 2 N–H and O–H groups in total. The largest absolute Gasteiger partial charge is 0.568 e. The van der Waals surface area contributed by atoms with Gasteiger partial charge in [0, 0.05) is 11.9 Å². The highest BCUT2D eigenvalue weighted by molar-refractivity contribution is 6.64. The fourth-order valence-electron chi connectivity index (χ4n) is 1.75. The average Bonchev–Trinajstić information content (AvgIpc) is 2.73. The van der Waals surface area contributed by atoms with Crippen LogP contribution < -0.4 is 11.2 Å². The SMILES string of the molecule is CCC(=O)OB1OCc2ccc(C(N)=O)c(F)c21. The Labute approximate surface area is 103 Å². The maximum absolute atomic E-state index is 14.1. The molecule has 0 saturated carbocycles. The Morgan fingerprint density at radius 2 is 2.28 bits per heavy atom. The van der Waals surface area contributed by atoms with Crippen molar-refractivity contribution in [1.82, 2.24) is 0 Å². The minimum Gasteiger partial charge on any atom is -0.506 e. The molecule has 0 saturated heterocycles. The summed E-state index contributed by atoms with van der Waals surface area (Å²) in [6.07, 6.45) is 0.159. The second kappa shape index (κ2) is 4.77. The molecule has 1 amide bonds. The minimum absolute atomic E-state index is 0.0769. The van der Waals surface area contributed by atoms with E-state index in [9.17, 15) is 14.0 Å². The number of fused-ring (bicyclic) bond motifs is 1. The number of primary amides is 1. The third-order valence-electron chi connectivity index (χ3n) is 2.69. The number of hydrogen-bond acceptors (Lipinski definition) is 4. The van der Waals surface area contributed by atoms with Crippen molar-refractivity contribution in [3.8, 4) is 0 Å². The standard InChI is InChI=1S/C11H11BFNO4/c1-2-8(15)18-12-9-6(5-17-12)3-4-7(10(9)13)11(14)16/h3-4H,2,5H2,1H3,(H2,14,16). The first-order valence-corrected chi connectivity index (χ1v) is 5.46. The fourth-order valence-corrected chi connectivity index (χ4v) is 1.75. The monoisotopic (exact) mass is 251 g/mol. The lowest BCUT2D eigenvalue weighted by Crippen LogP contribution is -2.38. The zero-order valence-electron chi connectivity index (χ0n) is 9.73. The highest BCUT2D eigenvalue weighted by Crippen LogP contribution is 2.17. The molecule has 18 heavy (non-hydrogen) atoms. The molecule has 1 aromatic rings. The number of amides is 1. The molecule has 0 bridgehead atoms. The van der Waals surface area contributed by atoms with Crippen LogP contribution >= 0.6 is 0 Å². The molecule has 0 aromatic heterocycles. The van der Waals surface area contributed by atoms with Gasteiger partial charge in [-0.3, -0.25) is 9.59 Å². The third-order valence-corrected chi connectivity index (χ3v) is 2.69. The highest BCUT2D eigenvalue weighted by atomic mass is 19.1. The molecular weight excluding hydrogens is 240 g/mol. The molecule has 0 atom stereocenters. The summed E-state index contributed by atoms with van der Waals surface area (Å²) in [5, 5.41) is 0. The number of carbonyl (C=O) groups excluding carboxylic acids is 2. The maximum Gasteiger partial charge on any atom is 0.568 e. The Bertz CT molecular complexity index is 520. The molecule has 0 aliphatic carbocycles. The van der Waals surface area contributed by atoms with E-state index in [4.69, 9.17) is 15.0 Å². The van der Waals surface area contributed by atoms with Crippen LogP contribution in [-0.4, -0.2) is 19.0 Å². The normalized spacial score (nSPS) is 13.3. The van der Waals surface area contributed by atoms with Crippen molar-refractivity contribution < 1.29 is 23.3 Å². The van der Waals surface area contributed by atoms with Crippen LogP contribution in [0.5, 0.6) is 0 Å². The molecule has 5 nitrogen and oxygen atoms in total. The van der Waals surface area contributed by atoms with E-state index >= 15 is 0 Å². The highest BCUT2D eigenvalue weighted by Gasteiger charge is 2.38. The van der Waals surface area contributed by atoms with Crippen LogP contribution in [0, 0.1) is 5.82 Å². The molecule has 1 aliphatic rings. The van der Waals surface area contributed by atoms with Crippen LogP contribution in [0.25, 0.3) is 0 Å². The van der Waals surface area contributed by atoms with E-state index in [-0.39, 0.29) is 24.1 Å².